The number of carbonyl (C=O) groups excluding carboxylic acids is 2. The highest BCUT2D eigenvalue weighted by Gasteiger charge is 2.40. The summed E-state index contributed by atoms with van der Waals surface area (Å²) in [7, 11) is 0. The van der Waals surface area contributed by atoms with E-state index in [9.17, 15) is 9.59 Å². The number of likely N-dealkylation sites (tertiary alicyclic amines) is 1. The van der Waals surface area contributed by atoms with Crippen LogP contribution in [0.5, 0.6) is 0 Å². The molecule has 0 aromatic heterocycles. The second kappa shape index (κ2) is 10.8. The molecule has 1 saturated heterocycles. The van der Waals surface area contributed by atoms with Gasteiger partial charge in [-0.05, 0) is 31.2 Å². The molecular formula is C22H31NO3. The van der Waals surface area contributed by atoms with Crippen LogP contribution in [-0.2, 0) is 16.1 Å². The summed E-state index contributed by atoms with van der Waals surface area (Å²) in [5, 5.41) is 0. The van der Waals surface area contributed by atoms with Crippen molar-refractivity contribution in [1.82, 2.24) is 4.90 Å². The van der Waals surface area contributed by atoms with Crippen molar-refractivity contribution >= 4 is 11.9 Å². The second-order valence-electron chi connectivity index (χ2n) is 7.00. The SMILES string of the molecule is C=CC[C@H]1CC[C@@H](C(=O)CCCCCC)N1C(=O)OCc1ccccc1. The topological polar surface area (TPSA) is 46.6 Å². The fourth-order valence-corrected chi connectivity index (χ4v) is 3.59. The molecule has 1 heterocycles. The quantitative estimate of drug-likeness (QED) is 0.423. The number of ether oxygens (including phenoxy) is 1. The number of amides is 1. The van der Waals surface area contributed by atoms with Gasteiger partial charge in [0.2, 0.25) is 0 Å². The lowest BCUT2D eigenvalue weighted by molar-refractivity contribution is -0.123. The first-order chi connectivity index (χ1) is 12.7. The molecule has 1 fully saturated rings. The van der Waals surface area contributed by atoms with Crippen LogP contribution in [0.1, 0.15) is 63.9 Å². The summed E-state index contributed by atoms with van der Waals surface area (Å²) in [5.41, 5.74) is 0.947. The van der Waals surface area contributed by atoms with Gasteiger partial charge < -0.3 is 4.74 Å². The van der Waals surface area contributed by atoms with Crippen LogP contribution in [0.25, 0.3) is 0 Å². The average Bonchev–Trinajstić information content (AvgIpc) is 3.08. The van der Waals surface area contributed by atoms with Gasteiger partial charge >= 0.3 is 6.09 Å². The number of Topliss-reactive ketones (excluding diaryl/α,β-unsaturated/α-hetero) is 1. The van der Waals surface area contributed by atoms with Crippen LogP contribution in [0.4, 0.5) is 4.79 Å². The molecule has 0 radical (unpaired) electrons. The molecule has 1 aromatic carbocycles. The van der Waals surface area contributed by atoms with E-state index in [0.717, 1.165) is 44.1 Å². The Morgan fingerprint density at radius 2 is 1.96 bits per heavy atom. The van der Waals surface area contributed by atoms with Gasteiger partial charge in [0.25, 0.3) is 0 Å². The number of unbranched alkanes of at least 4 members (excludes halogenated alkanes) is 3. The van der Waals surface area contributed by atoms with Crippen LogP contribution in [0.2, 0.25) is 0 Å². The van der Waals surface area contributed by atoms with E-state index in [4.69, 9.17) is 4.74 Å². The van der Waals surface area contributed by atoms with Gasteiger partial charge in [0, 0.05) is 12.5 Å². The molecule has 0 saturated carbocycles. The third-order valence-electron chi connectivity index (χ3n) is 5.01. The molecule has 0 spiro atoms. The molecule has 0 aliphatic carbocycles. The summed E-state index contributed by atoms with van der Waals surface area (Å²) in [6.45, 7) is 6.17. The minimum absolute atomic E-state index is 0.0142. The van der Waals surface area contributed by atoms with Gasteiger partial charge in [-0.1, -0.05) is 62.6 Å². The standard InChI is InChI=1S/C22H31NO3/c1-3-5-6-10-14-21(24)20-16-15-19(11-4-2)23(20)22(25)26-17-18-12-8-7-9-13-18/h4,7-9,12-13,19-20H,2-3,5-6,10-11,14-17H2,1H3/t19-,20-/m0/s1. The lowest BCUT2D eigenvalue weighted by atomic mass is 10.0. The summed E-state index contributed by atoms with van der Waals surface area (Å²) in [6, 6.07) is 9.29. The third kappa shape index (κ3) is 5.72. The maximum Gasteiger partial charge on any atom is 0.410 e. The number of carbonyl (C=O) groups is 2. The van der Waals surface area contributed by atoms with Gasteiger partial charge in [-0.15, -0.1) is 6.58 Å². The van der Waals surface area contributed by atoms with Crippen LogP contribution >= 0.6 is 0 Å². The minimum atomic E-state index is -0.384. The van der Waals surface area contributed by atoms with E-state index in [0.29, 0.717) is 12.8 Å². The third-order valence-corrected chi connectivity index (χ3v) is 5.01. The van der Waals surface area contributed by atoms with Crippen molar-refractivity contribution in [2.75, 3.05) is 0 Å². The summed E-state index contributed by atoms with van der Waals surface area (Å²) in [4.78, 5) is 27.1. The number of rotatable bonds is 10. The zero-order valence-electron chi connectivity index (χ0n) is 15.9. The van der Waals surface area contributed by atoms with Gasteiger partial charge in [0.15, 0.2) is 5.78 Å². The molecule has 1 amide bonds. The van der Waals surface area contributed by atoms with Crippen LogP contribution in [0.3, 0.4) is 0 Å². The highest BCUT2D eigenvalue weighted by Crippen LogP contribution is 2.29. The van der Waals surface area contributed by atoms with Gasteiger partial charge in [0.05, 0.1) is 6.04 Å². The molecule has 2 atom stereocenters. The van der Waals surface area contributed by atoms with E-state index < -0.39 is 0 Å². The Hall–Kier alpha value is -2.10. The summed E-state index contributed by atoms with van der Waals surface area (Å²) in [6.07, 6.45) is 8.51. The lowest BCUT2D eigenvalue weighted by Crippen LogP contribution is -2.45. The van der Waals surface area contributed by atoms with E-state index in [1.165, 1.54) is 0 Å². The Balaban J connectivity index is 1.97. The number of hydrogen-bond acceptors (Lipinski definition) is 3. The first kappa shape index (κ1) is 20.2. The summed E-state index contributed by atoms with van der Waals surface area (Å²) < 4.78 is 5.51. The van der Waals surface area contributed by atoms with E-state index in [-0.39, 0.29) is 30.6 Å². The van der Waals surface area contributed by atoms with Crippen molar-refractivity contribution in [2.45, 2.75) is 77.0 Å². The zero-order valence-corrected chi connectivity index (χ0v) is 15.9. The molecule has 142 valence electrons. The van der Waals surface area contributed by atoms with Crippen molar-refractivity contribution in [1.29, 1.82) is 0 Å². The molecule has 0 bridgehead atoms. The number of ketones is 1. The lowest BCUT2D eigenvalue weighted by Gasteiger charge is -2.28. The van der Waals surface area contributed by atoms with Crippen LogP contribution in [-0.4, -0.2) is 28.9 Å². The predicted octanol–water partition coefficient (Wildman–Crippen LogP) is 5.27. The minimum Gasteiger partial charge on any atom is -0.445 e. The van der Waals surface area contributed by atoms with Gasteiger partial charge in [-0.3, -0.25) is 9.69 Å². The van der Waals surface area contributed by atoms with E-state index >= 15 is 0 Å². The van der Waals surface area contributed by atoms with Crippen LogP contribution in [0, 0.1) is 0 Å². The Morgan fingerprint density at radius 1 is 1.19 bits per heavy atom. The van der Waals surface area contributed by atoms with Crippen LogP contribution in [0.15, 0.2) is 43.0 Å². The molecule has 26 heavy (non-hydrogen) atoms. The Labute approximate surface area is 157 Å². The smallest absolute Gasteiger partial charge is 0.410 e. The van der Waals surface area contributed by atoms with Gasteiger partial charge in [-0.25, -0.2) is 4.79 Å². The highest BCUT2D eigenvalue weighted by atomic mass is 16.6. The van der Waals surface area contributed by atoms with Crippen molar-refractivity contribution in [3.05, 3.63) is 48.6 Å². The second-order valence-corrected chi connectivity index (χ2v) is 7.00. The Kier molecular flexibility index (Phi) is 8.39. The van der Waals surface area contributed by atoms with Crippen molar-refractivity contribution in [3.63, 3.8) is 0 Å². The monoisotopic (exact) mass is 357 g/mol. The highest BCUT2D eigenvalue weighted by molar-refractivity contribution is 5.88. The summed E-state index contributed by atoms with van der Waals surface area (Å²) in [5.74, 6) is 0.171. The largest absolute Gasteiger partial charge is 0.445 e. The fraction of sp³-hybridized carbons (Fsp3) is 0.545. The molecule has 1 aliphatic rings. The first-order valence-corrected chi connectivity index (χ1v) is 9.80. The van der Waals surface area contributed by atoms with Crippen molar-refractivity contribution < 1.29 is 14.3 Å². The zero-order chi connectivity index (χ0) is 18.8. The maximum absolute atomic E-state index is 12.7. The average molecular weight is 357 g/mol. The van der Waals surface area contributed by atoms with Crippen LogP contribution < -0.4 is 0 Å². The Bertz CT molecular complexity index is 584. The predicted molar refractivity (Wildman–Crippen MR) is 104 cm³/mol. The fourth-order valence-electron chi connectivity index (χ4n) is 3.59. The normalized spacial score (nSPS) is 19.3. The molecular weight excluding hydrogens is 326 g/mol. The number of nitrogens with zero attached hydrogens (tertiary/aromatic N) is 1. The molecule has 1 aliphatic heterocycles. The van der Waals surface area contributed by atoms with E-state index in [1.807, 2.05) is 36.4 Å². The Morgan fingerprint density at radius 3 is 2.65 bits per heavy atom. The molecule has 2 rings (SSSR count). The maximum atomic E-state index is 12.7. The number of hydrogen-bond donors (Lipinski definition) is 0. The van der Waals surface area contributed by atoms with Gasteiger partial charge in [0.1, 0.15) is 6.61 Å². The summed E-state index contributed by atoms with van der Waals surface area (Å²) >= 11 is 0. The number of benzene rings is 1. The first-order valence-electron chi connectivity index (χ1n) is 9.80. The molecule has 4 heteroatoms. The molecule has 4 nitrogen and oxygen atoms in total. The van der Waals surface area contributed by atoms with E-state index in [2.05, 4.69) is 13.5 Å². The van der Waals surface area contributed by atoms with E-state index in [1.54, 1.807) is 4.90 Å². The van der Waals surface area contributed by atoms with Gasteiger partial charge in [-0.2, -0.15) is 0 Å². The molecule has 1 aromatic rings. The van der Waals surface area contributed by atoms with Crippen molar-refractivity contribution in [3.8, 4) is 0 Å². The molecule has 0 unspecified atom stereocenters. The molecule has 0 N–H and O–H groups in total. The van der Waals surface area contributed by atoms with Crippen molar-refractivity contribution in [2.24, 2.45) is 0 Å².